The van der Waals surface area contributed by atoms with Gasteiger partial charge in [0.1, 0.15) is 17.7 Å². The number of aromatic nitrogens is 1. The van der Waals surface area contributed by atoms with Gasteiger partial charge < -0.3 is 16.0 Å². The maximum atomic E-state index is 14.5. The lowest BCUT2D eigenvalue weighted by molar-refractivity contribution is -0.120. The number of hydrogen-bond donors (Lipinski definition) is 3. The van der Waals surface area contributed by atoms with Crippen LogP contribution >= 0.6 is 15.9 Å². The average Bonchev–Trinajstić information content (AvgIpc) is 3.45. The zero-order chi connectivity index (χ0) is 22.5. The fraction of sp³-hybridized carbons (Fsp3) is 0.261. The van der Waals surface area contributed by atoms with Gasteiger partial charge in [0.15, 0.2) is 0 Å². The van der Waals surface area contributed by atoms with Crippen molar-refractivity contribution in [2.24, 2.45) is 0 Å². The fourth-order valence-electron chi connectivity index (χ4n) is 4.26. The van der Waals surface area contributed by atoms with Crippen molar-refractivity contribution in [3.8, 4) is 0 Å². The molecule has 1 aliphatic heterocycles. The molecule has 3 N–H and O–H groups in total. The van der Waals surface area contributed by atoms with E-state index in [4.69, 9.17) is 0 Å². The van der Waals surface area contributed by atoms with Crippen LogP contribution in [0.15, 0.2) is 53.0 Å². The molecular weight excluding hydrogens is 482 g/mol. The van der Waals surface area contributed by atoms with E-state index in [9.17, 15) is 18.4 Å². The molecule has 1 saturated carbocycles. The second-order valence-corrected chi connectivity index (χ2v) is 9.10. The Morgan fingerprint density at radius 2 is 1.84 bits per heavy atom. The van der Waals surface area contributed by atoms with E-state index in [0.29, 0.717) is 12.8 Å². The Morgan fingerprint density at radius 1 is 1.12 bits per heavy atom. The predicted molar refractivity (Wildman–Crippen MR) is 118 cm³/mol. The molecule has 9 heteroatoms. The number of rotatable bonds is 4. The molecule has 2 fully saturated rings. The Hall–Kier alpha value is -3.07. The van der Waals surface area contributed by atoms with Gasteiger partial charge in [-0.1, -0.05) is 40.2 Å². The summed E-state index contributed by atoms with van der Waals surface area (Å²) in [6.45, 7) is 0.0244. The zero-order valence-electron chi connectivity index (χ0n) is 16.8. The molecule has 0 spiro atoms. The van der Waals surface area contributed by atoms with E-state index in [2.05, 4.69) is 36.9 Å². The van der Waals surface area contributed by atoms with Crippen molar-refractivity contribution in [2.45, 2.75) is 30.3 Å². The smallest absolute Gasteiger partial charge is 0.316 e. The number of carbonyl (C=O) groups excluding carboxylic acids is 2. The van der Waals surface area contributed by atoms with Gasteiger partial charge >= 0.3 is 6.03 Å². The third-order valence-corrected chi connectivity index (χ3v) is 6.53. The first-order chi connectivity index (χ1) is 15.4. The van der Waals surface area contributed by atoms with Gasteiger partial charge in [-0.25, -0.2) is 13.6 Å². The Labute approximate surface area is 190 Å². The van der Waals surface area contributed by atoms with E-state index < -0.39 is 41.1 Å². The van der Waals surface area contributed by atoms with Crippen LogP contribution in [0.4, 0.5) is 13.6 Å². The lowest BCUT2D eigenvalue weighted by Crippen LogP contribution is -2.50. The van der Waals surface area contributed by atoms with Crippen LogP contribution in [0, 0.1) is 11.6 Å². The summed E-state index contributed by atoms with van der Waals surface area (Å²) in [6, 6.07) is 12.1. The number of pyridine rings is 1. The molecule has 0 unspecified atom stereocenters. The number of benzene rings is 2. The standard InChI is InChI=1S/C23H19BrF2N4O2/c24-13-9-15(25)19(16(26)10-13)14-11-27-21(31)20(14)29-22(32)30-23(7-8-23)18-6-5-12-3-1-2-4-17(12)28-18/h1-6,9-10,14,20H,7-8,11H2,(H,27,31)(H2,29,30,32)/t14-,20-/m0/s1. The first kappa shape index (κ1) is 20.8. The maximum Gasteiger partial charge on any atom is 0.316 e. The minimum Gasteiger partial charge on any atom is -0.354 e. The van der Waals surface area contributed by atoms with E-state index in [1.807, 2.05) is 36.4 Å². The van der Waals surface area contributed by atoms with E-state index in [-0.39, 0.29) is 16.6 Å². The Kier molecular flexibility index (Phi) is 5.08. The summed E-state index contributed by atoms with van der Waals surface area (Å²) >= 11 is 3.05. The molecule has 2 aromatic carbocycles. The Morgan fingerprint density at radius 3 is 2.56 bits per heavy atom. The van der Waals surface area contributed by atoms with Crippen LogP contribution in [0.2, 0.25) is 0 Å². The Balaban J connectivity index is 1.35. The second-order valence-electron chi connectivity index (χ2n) is 8.18. The normalized spacial score (nSPS) is 21.3. The van der Waals surface area contributed by atoms with Crippen LogP contribution in [-0.2, 0) is 10.3 Å². The number of nitrogens with zero attached hydrogens (tertiary/aromatic N) is 1. The second kappa shape index (κ2) is 7.81. The Bertz CT molecular complexity index is 1220. The van der Waals surface area contributed by atoms with Crippen molar-refractivity contribution < 1.29 is 18.4 Å². The van der Waals surface area contributed by atoms with Gasteiger partial charge in [-0.2, -0.15) is 0 Å². The molecule has 2 heterocycles. The van der Waals surface area contributed by atoms with Crippen LogP contribution in [-0.4, -0.2) is 29.5 Å². The monoisotopic (exact) mass is 500 g/mol. The summed E-state index contributed by atoms with van der Waals surface area (Å²) < 4.78 is 29.2. The van der Waals surface area contributed by atoms with Crippen LogP contribution in [0.5, 0.6) is 0 Å². The number of amides is 3. The van der Waals surface area contributed by atoms with Crippen molar-refractivity contribution in [1.82, 2.24) is 20.9 Å². The molecule has 0 radical (unpaired) electrons. The maximum absolute atomic E-state index is 14.5. The largest absolute Gasteiger partial charge is 0.354 e. The van der Waals surface area contributed by atoms with Crippen LogP contribution in [0.25, 0.3) is 10.9 Å². The van der Waals surface area contributed by atoms with Crippen molar-refractivity contribution in [3.63, 3.8) is 0 Å². The van der Waals surface area contributed by atoms with Gasteiger partial charge in [0.05, 0.1) is 16.7 Å². The molecule has 3 amide bonds. The summed E-state index contributed by atoms with van der Waals surface area (Å²) in [4.78, 5) is 29.9. The summed E-state index contributed by atoms with van der Waals surface area (Å²) in [7, 11) is 0. The summed E-state index contributed by atoms with van der Waals surface area (Å²) in [6.07, 6.45) is 1.42. The third kappa shape index (κ3) is 3.70. The molecule has 1 aliphatic carbocycles. The van der Waals surface area contributed by atoms with Crippen molar-refractivity contribution in [1.29, 1.82) is 0 Å². The van der Waals surface area contributed by atoms with Crippen LogP contribution in [0.1, 0.15) is 30.0 Å². The molecule has 1 aromatic heterocycles. The van der Waals surface area contributed by atoms with Gasteiger partial charge in [-0.05, 0) is 37.1 Å². The number of hydrogen-bond acceptors (Lipinski definition) is 3. The highest BCUT2D eigenvalue weighted by molar-refractivity contribution is 9.10. The van der Waals surface area contributed by atoms with Gasteiger partial charge in [0.2, 0.25) is 5.91 Å². The quantitative estimate of drug-likeness (QED) is 0.508. The number of urea groups is 1. The summed E-state index contributed by atoms with van der Waals surface area (Å²) in [5, 5.41) is 9.12. The van der Waals surface area contributed by atoms with E-state index in [1.165, 1.54) is 0 Å². The minimum absolute atomic E-state index is 0.0244. The highest BCUT2D eigenvalue weighted by Crippen LogP contribution is 2.45. The number of fused-ring (bicyclic) bond motifs is 1. The van der Waals surface area contributed by atoms with Gasteiger partial charge in [0.25, 0.3) is 0 Å². The van der Waals surface area contributed by atoms with E-state index >= 15 is 0 Å². The number of carbonyl (C=O) groups is 2. The zero-order valence-corrected chi connectivity index (χ0v) is 18.4. The fourth-order valence-corrected chi connectivity index (χ4v) is 4.66. The van der Waals surface area contributed by atoms with Crippen LogP contribution in [0.3, 0.4) is 0 Å². The van der Waals surface area contributed by atoms with E-state index in [0.717, 1.165) is 28.7 Å². The molecule has 0 bridgehead atoms. The predicted octanol–water partition coefficient (Wildman–Crippen LogP) is 3.85. The molecule has 6 nitrogen and oxygen atoms in total. The van der Waals surface area contributed by atoms with Gasteiger partial charge in [0, 0.05) is 27.9 Å². The topological polar surface area (TPSA) is 83.1 Å². The highest BCUT2D eigenvalue weighted by Gasteiger charge is 2.48. The molecule has 5 rings (SSSR count). The van der Waals surface area contributed by atoms with Gasteiger partial charge in [-0.3, -0.25) is 9.78 Å². The molecule has 164 valence electrons. The first-order valence-electron chi connectivity index (χ1n) is 10.2. The number of para-hydroxylation sites is 1. The SMILES string of the molecule is O=C(N[C@@H]1C(=O)NC[C@H]1c1c(F)cc(Br)cc1F)NC1(c2ccc3ccccc3n2)CC1. The van der Waals surface area contributed by atoms with Crippen molar-refractivity contribution in [2.75, 3.05) is 6.54 Å². The molecule has 2 aliphatic rings. The molecule has 32 heavy (non-hydrogen) atoms. The van der Waals surface area contributed by atoms with E-state index in [1.54, 1.807) is 0 Å². The number of halogens is 3. The summed E-state index contributed by atoms with van der Waals surface area (Å²) in [5.74, 6) is -2.90. The molecule has 2 atom stereocenters. The number of nitrogens with one attached hydrogen (secondary N) is 3. The first-order valence-corrected chi connectivity index (χ1v) is 11.0. The molecule has 1 saturated heterocycles. The van der Waals surface area contributed by atoms with Gasteiger partial charge in [-0.15, -0.1) is 0 Å². The third-order valence-electron chi connectivity index (χ3n) is 6.07. The molecular formula is C23H19BrF2N4O2. The van der Waals surface area contributed by atoms with Crippen molar-refractivity contribution in [3.05, 3.63) is 75.9 Å². The lowest BCUT2D eigenvalue weighted by Gasteiger charge is -2.23. The molecule has 3 aromatic rings. The van der Waals surface area contributed by atoms with Crippen LogP contribution < -0.4 is 16.0 Å². The average molecular weight is 501 g/mol. The minimum atomic E-state index is -1.10. The summed E-state index contributed by atoms with van der Waals surface area (Å²) in [5.41, 5.74) is 0.722. The van der Waals surface area contributed by atoms with Crippen molar-refractivity contribution >= 4 is 38.8 Å². The highest BCUT2D eigenvalue weighted by atomic mass is 79.9. The lowest BCUT2D eigenvalue weighted by atomic mass is 9.93.